The maximum Gasteiger partial charge on any atom is 0.331 e. The zero-order valence-electron chi connectivity index (χ0n) is 9.93. The summed E-state index contributed by atoms with van der Waals surface area (Å²) in [6.45, 7) is 1.47. The third kappa shape index (κ3) is 3.28. The first kappa shape index (κ1) is 13.7. The molecule has 94 valence electrons. The third-order valence-electron chi connectivity index (χ3n) is 2.33. The van der Waals surface area contributed by atoms with E-state index in [0.29, 0.717) is 5.56 Å². The van der Waals surface area contributed by atoms with Crippen molar-refractivity contribution in [3.8, 4) is 0 Å². The first-order valence-electron chi connectivity index (χ1n) is 4.92. The Bertz CT molecular complexity index is 497. The second-order valence-corrected chi connectivity index (χ2v) is 5.61. The van der Waals surface area contributed by atoms with Gasteiger partial charge in [-0.05, 0) is 12.5 Å². The molecule has 1 rings (SSSR count). The molecule has 0 spiro atoms. The van der Waals surface area contributed by atoms with Crippen LogP contribution in [-0.4, -0.2) is 27.8 Å². The van der Waals surface area contributed by atoms with Crippen molar-refractivity contribution in [1.29, 1.82) is 0 Å². The second kappa shape index (κ2) is 4.85. The molecule has 0 bridgehead atoms. The van der Waals surface area contributed by atoms with E-state index in [4.69, 9.17) is 0 Å². The lowest BCUT2D eigenvalue weighted by Gasteiger charge is -2.27. The van der Waals surface area contributed by atoms with Crippen molar-refractivity contribution >= 4 is 16.0 Å². The predicted molar refractivity (Wildman–Crippen MR) is 63.8 cm³/mol. The smallest absolute Gasteiger partial charge is 0.331 e. The Hall–Kier alpha value is -1.40. The number of hydrogen-bond acceptors (Lipinski definition) is 4. The van der Waals surface area contributed by atoms with Gasteiger partial charge in [-0.25, -0.2) is 13.2 Å². The van der Waals surface area contributed by atoms with E-state index < -0.39 is 21.5 Å². The molecule has 0 aliphatic heterocycles. The van der Waals surface area contributed by atoms with Gasteiger partial charge in [-0.1, -0.05) is 30.3 Å². The van der Waals surface area contributed by atoms with Crippen LogP contribution in [0, 0.1) is 0 Å². The summed E-state index contributed by atoms with van der Waals surface area (Å²) in [4.78, 5) is 11.8. The highest BCUT2D eigenvalue weighted by Crippen LogP contribution is 2.22. The second-order valence-electron chi connectivity index (χ2n) is 3.86. The van der Waals surface area contributed by atoms with Gasteiger partial charge in [0.1, 0.15) is 0 Å². The van der Waals surface area contributed by atoms with Gasteiger partial charge in [-0.2, -0.15) is 4.72 Å². The van der Waals surface area contributed by atoms with E-state index >= 15 is 0 Å². The van der Waals surface area contributed by atoms with E-state index in [-0.39, 0.29) is 0 Å². The lowest BCUT2D eigenvalue weighted by molar-refractivity contribution is -0.147. The van der Waals surface area contributed by atoms with Crippen LogP contribution in [0.2, 0.25) is 0 Å². The minimum absolute atomic E-state index is 0.525. The van der Waals surface area contributed by atoms with Crippen LogP contribution < -0.4 is 4.72 Å². The monoisotopic (exact) mass is 257 g/mol. The number of methoxy groups -OCH3 is 1. The Balaban J connectivity index is 3.25. The fourth-order valence-electron chi connectivity index (χ4n) is 1.56. The Labute approximate surface area is 101 Å². The van der Waals surface area contributed by atoms with Crippen molar-refractivity contribution < 1.29 is 17.9 Å². The van der Waals surface area contributed by atoms with Crippen molar-refractivity contribution in [3.05, 3.63) is 35.9 Å². The number of rotatable bonds is 4. The van der Waals surface area contributed by atoms with Gasteiger partial charge < -0.3 is 4.74 Å². The van der Waals surface area contributed by atoms with Crippen molar-refractivity contribution in [3.63, 3.8) is 0 Å². The van der Waals surface area contributed by atoms with Gasteiger partial charge in [0.25, 0.3) is 0 Å². The fraction of sp³-hybridized carbons (Fsp3) is 0.364. The summed E-state index contributed by atoms with van der Waals surface area (Å²) < 4.78 is 29.6. The van der Waals surface area contributed by atoms with Gasteiger partial charge >= 0.3 is 5.97 Å². The van der Waals surface area contributed by atoms with Crippen molar-refractivity contribution in [1.82, 2.24) is 4.72 Å². The van der Waals surface area contributed by atoms with Crippen LogP contribution in [0.3, 0.4) is 0 Å². The highest BCUT2D eigenvalue weighted by molar-refractivity contribution is 7.88. The Kier molecular flexibility index (Phi) is 3.90. The molecule has 0 aliphatic carbocycles. The van der Waals surface area contributed by atoms with E-state index in [1.54, 1.807) is 30.3 Å². The maximum absolute atomic E-state index is 11.8. The molecule has 0 aromatic heterocycles. The minimum atomic E-state index is -3.54. The van der Waals surface area contributed by atoms with Crippen molar-refractivity contribution in [2.24, 2.45) is 0 Å². The Morgan fingerprint density at radius 1 is 1.29 bits per heavy atom. The normalized spacial score (nSPS) is 15.0. The topological polar surface area (TPSA) is 72.5 Å². The first-order chi connectivity index (χ1) is 7.79. The lowest BCUT2D eigenvalue weighted by Crippen LogP contribution is -2.49. The summed E-state index contributed by atoms with van der Waals surface area (Å²) in [5.41, 5.74) is -0.888. The average Bonchev–Trinajstić information content (AvgIpc) is 2.26. The zero-order valence-corrected chi connectivity index (χ0v) is 10.7. The van der Waals surface area contributed by atoms with E-state index in [0.717, 1.165) is 6.26 Å². The SMILES string of the molecule is COC(=O)[C@@](C)(NS(C)(=O)=O)c1ccccc1. The molecular weight excluding hydrogens is 242 g/mol. The molecule has 6 heteroatoms. The number of benzene rings is 1. The van der Waals surface area contributed by atoms with E-state index in [1.165, 1.54) is 14.0 Å². The number of esters is 1. The molecule has 0 fully saturated rings. The number of carbonyl (C=O) groups excluding carboxylic acids is 1. The number of sulfonamides is 1. The fourth-order valence-corrected chi connectivity index (χ4v) is 2.51. The zero-order chi connectivity index (χ0) is 13.1. The van der Waals surface area contributed by atoms with Crippen LogP contribution in [0.4, 0.5) is 0 Å². The molecule has 17 heavy (non-hydrogen) atoms. The van der Waals surface area contributed by atoms with Crippen LogP contribution >= 0.6 is 0 Å². The summed E-state index contributed by atoms with van der Waals surface area (Å²) in [6, 6.07) is 8.55. The van der Waals surface area contributed by atoms with Crippen LogP contribution in [0.5, 0.6) is 0 Å². The summed E-state index contributed by atoms with van der Waals surface area (Å²) >= 11 is 0. The molecule has 0 saturated carbocycles. The van der Waals surface area contributed by atoms with Gasteiger partial charge in [0.2, 0.25) is 10.0 Å². The first-order valence-corrected chi connectivity index (χ1v) is 6.81. The van der Waals surface area contributed by atoms with E-state index in [2.05, 4.69) is 9.46 Å². The van der Waals surface area contributed by atoms with Gasteiger partial charge in [0.15, 0.2) is 5.54 Å². The van der Waals surface area contributed by atoms with Gasteiger partial charge in [-0.3, -0.25) is 0 Å². The largest absolute Gasteiger partial charge is 0.467 e. The standard InChI is InChI=1S/C11H15NO4S/c1-11(10(13)16-2,12-17(3,14)15)9-7-5-4-6-8-9/h4-8,12H,1-3H3/t11-/m0/s1. The molecule has 0 saturated heterocycles. The third-order valence-corrected chi connectivity index (χ3v) is 3.11. The predicted octanol–water partition coefficient (Wildman–Crippen LogP) is 0.624. The molecule has 1 aromatic carbocycles. The van der Waals surface area contributed by atoms with Gasteiger partial charge in [-0.15, -0.1) is 0 Å². The molecule has 0 amide bonds. The van der Waals surface area contributed by atoms with Crippen molar-refractivity contribution in [2.45, 2.75) is 12.5 Å². The summed E-state index contributed by atoms with van der Waals surface area (Å²) in [7, 11) is -2.32. The summed E-state index contributed by atoms with van der Waals surface area (Å²) in [5, 5.41) is 0. The molecule has 1 atom stereocenters. The Morgan fingerprint density at radius 3 is 2.24 bits per heavy atom. The molecule has 0 radical (unpaired) electrons. The van der Waals surface area contributed by atoms with Crippen LogP contribution in [0.25, 0.3) is 0 Å². The van der Waals surface area contributed by atoms with Crippen LogP contribution in [0.1, 0.15) is 12.5 Å². The molecule has 5 nitrogen and oxygen atoms in total. The highest BCUT2D eigenvalue weighted by atomic mass is 32.2. The quantitative estimate of drug-likeness (QED) is 0.803. The number of nitrogens with one attached hydrogen (secondary N) is 1. The molecular formula is C11H15NO4S. The van der Waals surface area contributed by atoms with Crippen LogP contribution in [0.15, 0.2) is 30.3 Å². The highest BCUT2D eigenvalue weighted by Gasteiger charge is 2.38. The summed E-state index contributed by atoms with van der Waals surface area (Å²) in [6.07, 6.45) is 0.997. The molecule has 0 unspecified atom stereocenters. The van der Waals surface area contributed by atoms with E-state index in [9.17, 15) is 13.2 Å². The van der Waals surface area contributed by atoms with Crippen LogP contribution in [-0.2, 0) is 25.1 Å². The van der Waals surface area contributed by atoms with E-state index in [1.807, 2.05) is 0 Å². The number of hydrogen-bond donors (Lipinski definition) is 1. The minimum Gasteiger partial charge on any atom is -0.467 e. The number of carbonyl (C=O) groups is 1. The van der Waals surface area contributed by atoms with Gasteiger partial charge in [0, 0.05) is 0 Å². The van der Waals surface area contributed by atoms with Gasteiger partial charge in [0.05, 0.1) is 13.4 Å². The summed E-state index contributed by atoms with van der Waals surface area (Å²) in [5.74, 6) is -0.658. The molecule has 0 aliphatic rings. The van der Waals surface area contributed by atoms with Crippen molar-refractivity contribution in [2.75, 3.05) is 13.4 Å². The lowest BCUT2D eigenvalue weighted by atomic mass is 9.93. The maximum atomic E-state index is 11.8. The Morgan fingerprint density at radius 2 is 1.82 bits per heavy atom. The number of ether oxygens (including phenoxy) is 1. The molecule has 1 aromatic rings. The average molecular weight is 257 g/mol. The molecule has 1 N–H and O–H groups in total. The molecule has 0 heterocycles.